The SMILES string of the molecule is COc1ccc(C2c3[nH]c4ccccc4c3CCN2c2ncnc3[nH]ccc23)cc1. The van der Waals surface area contributed by atoms with Crippen molar-refractivity contribution in [2.24, 2.45) is 0 Å². The third-order valence-electron chi connectivity index (χ3n) is 6.07. The van der Waals surface area contributed by atoms with Gasteiger partial charge in [0.25, 0.3) is 0 Å². The number of hydrogen-bond donors (Lipinski definition) is 2. The molecule has 0 fully saturated rings. The second kappa shape index (κ2) is 6.62. The highest BCUT2D eigenvalue weighted by atomic mass is 16.5. The van der Waals surface area contributed by atoms with Gasteiger partial charge in [-0.05, 0) is 41.8 Å². The van der Waals surface area contributed by atoms with Gasteiger partial charge < -0.3 is 19.6 Å². The van der Waals surface area contributed by atoms with Crippen LogP contribution in [0.5, 0.6) is 5.75 Å². The largest absolute Gasteiger partial charge is 0.497 e. The Labute approximate surface area is 173 Å². The van der Waals surface area contributed by atoms with Crippen LogP contribution in [-0.2, 0) is 6.42 Å². The van der Waals surface area contributed by atoms with E-state index in [9.17, 15) is 0 Å². The zero-order chi connectivity index (χ0) is 20.1. The molecule has 2 N–H and O–H groups in total. The topological polar surface area (TPSA) is 69.8 Å². The second-order valence-electron chi connectivity index (χ2n) is 7.62. The summed E-state index contributed by atoms with van der Waals surface area (Å²) >= 11 is 0. The molecule has 4 heterocycles. The molecule has 0 amide bonds. The van der Waals surface area contributed by atoms with Crippen LogP contribution < -0.4 is 9.64 Å². The van der Waals surface area contributed by atoms with Crippen LogP contribution in [0.25, 0.3) is 21.9 Å². The first-order valence-electron chi connectivity index (χ1n) is 10.1. The molecule has 0 saturated carbocycles. The Hall–Kier alpha value is -3.80. The molecule has 0 bridgehead atoms. The fourth-order valence-corrected chi connectivity index (χ4v) is 4.69. The highest BCUT2D eigenvalue weighted by molar-refractivity contribution is 5.89. The molecule has 1 unspecified atom stereocenters. The summed E-state index contributed by atoms with van der Waals surface area (Å²) in [5.74, 6) is 1.81. The van der Waals surface area contributed by atoms with Crippen LogP contribution in [-0.4, -0.2) is 33.6 Å². The van der Waals surface area contributed by atoms with Gasteiger partial charge in [-0.15, -0.1) is 0 Å². The van der Waals surface area contributed by atoms with E-state index in [1.54, 1.807) is 13.4 Å². The number of ether oxygens (including phenoxy) is 1. The van der Waals surface area contributed by atoms with Gasteiger partial charge in [0.05, 0.1) is 18.5 Å². The molecule has 0 aliphatic carbocycles. The van der Waals surface area contributed by atoms with Crippen molar-refractivity contribution in [3.8, 4) is 5.75 Å². The van der Waals surface area contributed by atoms with Gasteiger partial charge in [0.2, 0.25) is 0 Å². The first-order valence-corrected chi connectivity index (χ1v) is 10.1. The lowest BCUT2D eigenvalue weighted by molar-refractivity contribution is 0.414. The Morgan fingerprint density at radius 2 is 1.87 bits per heavy atom. The monoisotopic (exact) mass is 395 g/mol. The fraction of sp³-hybridized carbons (Fsp3) is 0.167. The number of para-hydroxylation sites is 1. The standard InChI is InChI=1S/C24H21N5O/c1-30-16-8-6-15(7-9-16)22-21-18(17-4-2-3-5-20(17)28-21)11-13-29(22)24-19-10-12-25-23(19)26-14-27-24/h2-10,12,14,22,28H,11,13H2,1H3,(H,25,26,27). The number of methoxy groups -OCH3 is 1. The predicted molar refractivity (Wildman–Crippen MR) is 118 cm³/mol. The van der Waals surface area contributed by atoms with Crippen molar-refractivity contribution in [1.29, 1.82) is 0 Å². The molecule has 1 atom stereocenters. The molecule has 6 heteroatoms. The molecule has 6 rings (SSSR count). The van der Waals surface area contributed by atoms with Gasteiger partial charge >= 0.3 is 0 Å². The lowest BCUT2D eigenvalue weighted by Crippen LogP contribution is -2.36. The van der Waals surface area contributed by atoms with Crippen molar-refractivity contribution in [2.75, 3.05) is 18.6 Å². The smallest absolute Gasteiger partial charge is 0.142 e. The average molecular weight is 395 g/mol. The van der Waals surface area contributed by atoms with Crippen molar-refractivity contribution >= 4 is 27.8 Å². The lowest BCUT2D eigenvalue weighted by Gasteiger charge is -2.37. The zero-order valence-corrected chi connectivity index (χ0v) is 16.6. The van der Waals surface area contributed by atoms with E-state index in [2.05, 4.69) is 62.3 Å². The highest BCUT2D eigenvalue weighted by Gasteiger charge is 2.33. The number of aromatic nitrogens is 4. The van der Waals surface area contributed by atoms with Crippen molar-refractivity contribution in [1.82, 2.24) is 19.9 Å². The van der Waals surface area contributed by atoms with Gasteiger partial charge in [-0.1, -0.05) is 30.3 Å². The van der Waals surface area contributed by atoms with E-state index in [1.165, 1.54) is 27.7 Å². The molecule has 0 radical (unpaired) electrons. The van der Waals surface area contributed by atoms with Crippen LogP contribution in [0.15, 0.2) is 67.1 Å². The third-order valence-corrected chi connectivity index (χ3v) is 6.07. The number of benzene rings is 2. The Kier molecular flexibility index (Phi) is 3.77. The van der Waals surface area contributed by atoms with E-state index in [1.807, 2.05) is 18.3 Å². The molecule has 0 saturated heterocycles. The van der Waals surface area contributed by atoms with Gasteiger partial charge in [0.15, 0.2) is 0 Å². The minimum absolute atomic E-state index is 0.0278. The molecule has 30 heavy (non-hydrogen) atoms. The molecule has 1 aliphatic rings. The minimum Gasteiger partial charge on any atom is -0.497 e. The lowest BCUT2D eigenvalue weighted by atomic mass is 9.92. The first-order chi connectivity index (χ1) is 14.8. The summed E-state index contributed by atoms with van der Waals surface area (Å²) in [4.78, 5) is 18.4. The summed E-state index contributed by atoms with van der Waals surface area (Å²) < 4.78 is 5.39. The van der Waals surface area contributed by atoms with Crippen LogP contribution in [0, 0.1) is 0 Å². The van der Waals surface area contributed by atoms with Crippen LogP contribution in [0.2, 0.25) is 0 Å². The molecule has 6 nitrogen and oxygen atoms in total. The molecule has 2 aromatic carbocycles. The quantitative estimate of drug-likeness (QED) is 0.468. The van der Waals surface area contributed by atoms with E-state index in [0.29, 0.717) is 0 Å². The molecular formula is C24H21N5O. The molecule has 5 aromatic rings. The average Bonchev–Trinajstić information content (AvgIpc) is 3.43. The maximum atomic E-state index is 5.39. The summed E-state index contributed by atoms with van der Waals surface area (Å²) in [6, 6.07) is 19.0. The predicted octanol–water partition coefficient (Wildman–Crippen LogP) is 4.60. The Balaban J connectivity index is 1.58. The molecule has 0 spiro atoms. The number of rotatable bonds is 3. The van der Waals surface area contributed by atoms with E-state index < -0.39 is 0 Å². The number of aromatic amines is 2. The normalized spacial score (nSPS) is 16.2. The molecular weight excluding hydrogens is 374 g/mol. The number of nitrogens with one attached hydrogen (secondary N) is 2. The van der Waals surface area contributed by atoms with Crippen molar-refractivity contribution < 1.29 is 4.74 Å². The third kappa shape index (κ3) is 2.50. The fourth-order valence-electron chi connectivity index (χ4n) is 4.69. The number of fused-ring (bicyclic) bond motifs is 4. The zero-order valence-electron chi connectivity index (χ0n) is 16.6. The summed E-state index contributed by atoms with van der Waals surface area (Å²) in [6.45, 7) is 0.878. The van der Waals surface area contributed by atoms with Crippen molar-refractivity contribution in [3.63, 3.8) is 0 Å². The number of hydrogen-bond acceptors (Lipinski definition) is 4. The van der Waals surface area contributed by atoms with Crippen LogP contribution in [0.1, 0.15) is 22.9 Å². The summed E-state index contributed by atoms with van der Waals surface area (Å²) in [6.07, 6.45) is 4.52. The van der Waals surface area contributed by atoms with Gasteiger partial charge in [0, 0.05) is 29.3 Å². The molecule has 3 aromatic heterocycles. The Morgan fingerprint density at radius 1 is 1.00 bits per heavy atom. The minimum atomic E-state index is 0.0278. The second-order valence-corrected chi connectivity index (χ2v) is 7.62. The van der Waals surface area contributed by atoms with E-state index >= 15 is 0 Å². The van der Waals surface area contributed by atoms with E-state index in [0.717, 1.165) is 35.6 Å². The van der Waals surface area contributed by atoms with Crippen LogP contribution >= 0.6 is 0 Å². The summed E-state index contributed by atoms with van der Waals surface area (Å²) in [7, 11) is 1.70. The van der Waals surface area contributed by atoms with Crippen LogP contribution in [0.3, 0.4) is 0 Å². The Morgan fingerprint density at radius 3 is 2.73 bits per heavy atom. The van der Waals surface area contributed by atoms with Gasteiger partial charge in [0.1, 0.15) is 23.5 Å². The maximum Gasteiger partial charge on any atom is 0.142 e. The first kappa shape index (κ1) is 17.1. The van der Waals surface area contributed by atoms with Crippen molar-refractivity contribution in [2.45, 2.75) is 12.5 Å². The molecule has 1 aliphatic heterocycles. The van der Waals surface area contributed by atoms with Crippen molar-refractivity contribution in [3.05, 3.63) is 83.9 Å². The van der Waals surface area contributed by atoms with Gasteiger partial charge in [-0.2, -0.15) is 0 Å². The summed E-state index contributed by atoms with van der Waals surface area (Å²) in [5.41, 5.74) is 5.86. The van der Waals surface area contributed by atoms with Crippen LogP contribution in [0.4, 0.5) is 5.82 Å². The maximum absolute atomic E-state index is 5.39. The summed E-state index contributed by atoms with van der Waals surface area (Å²) in [5, 5.41) is 2.34. The number of anilines is 1. The van der Waals surface area contributed by atoms with Gasteiger partial charge in [-0.25, -0.2) is 9.97 Å². The highest BCUT2D eigenvalue weighted by Crippen LogP contribution is 2.41. The van der Waals surface area contributed by atoms with E-state index in [4.69, 9.17) is 9.72 Å². The Bertz CT molecular complexity index is 1350. The van der Waals surface area contributed by atoms with Gasteiger partial charge in [-0.3, -0.25) is 0 Å². The van der Waals surface area contributed by atoms with E-state index in [-0.39, 0.29) is 6.04 Å². The number of H-pyrrole nitrogens is 2. The number of nitrogens with zero attached hydrogens (tertiary/aromatic N) is 3. The molecule has 148 valence electrons.